The fourth-order valence-corrected chi connectivity index (χ4v) is 4.51. The number of nitrogens with zero attached hydrogens (tertiary/aromatic N) is 3. The summed E-state index contributed by atoms with van der Waals surface area (Å²) in [5.74, 6) is 3.07. The van der Waals surface area contributed by atoms with Crippen molar-refractivity contribution < 1.29 is 18.3 Å². The Labute approximate surface area is 204 Å². The molecule has 0 spiro atoms. The summed E-state index contributed by atoms with van der Waals surface area (Å²) in [6, 6.07) is 9.96. The molecule has 1 fully saturated rings. The van der Waals surface area contributed by atoms with Gasteiger partial charge in [-0.2, -0.15) is 5.10 Å². The minimum atomic E-state index is -0.813. The third kappa shape index (κ3) is 4.05. The quantitative estimate of drug-likeness (QED) is 0.425. The first kappa shape index (κ1) is 23.1. The van der Waals surface area contributed by atoms with Gasteiger partial charge in [0.2, 0.25) is 0 Å². The largest absolute Gasteiger partial charge is 0.451 e. The highest BCUT2D eigenvalue weighted by molar-refractivity contribution is 5.94. The minimum Gasteiger partial charge on any atom is -0.451 e. The van der Waals surface area contributed by atoms with Crippen LogP contribution < -0.4 is 16.0 Å². The number of nitrogens with two attached hydrogens (primary N) is 1. The van der Waals surface area contributed by atoms with Crippen LogP contribution in [0.3, 0.4) is 0 Å². The molecule has 1 atom stereocenters. The van der Waals surface area contributed by atoms with Crippen molar-refractivity contribution in [3.8, 4) is 29.0 Å². The molecule has 2 aromatic heterocycles. The smallest absolute Gasteiger partial charge is 0.298 e. The number of benzene rings is 2. The summed E-state index contributed by atoms with van der Waals surface area (Å²) in [7, 11) is 0. The van der Waals surface area contributed by atoms with Crippen LogP contribution in [0, 0.1) is 23.5 Å². The van der Waals surface area contributed by atoms with Crippen LogP contribution in [-0.4, -0.2) is 38.7 Å². The summed E-state index contributed by atoms with van der Waals surface area (Å²) >= 11 is 0. The number of aromatic amines is 1. The SMILES string of the molecule is CC#CC(=O)N1CC[C@H](c2cn(-c3ccc(Oc4c(F)cccc4F)cc3)c3c(N)n[nH]c(=O)c23)C1. The van der Waals surface area contributed by atoms with E-state index in [0.29, 0.717) is 36.1 Å². The molecule has 182 valence electrons. The van der Waals surface area contributed by atoms with Gasteiger partial charge >= 0.3 is 0 Å². The van der Waals surface area contributed by atoms with Gasteiger partial charge < -0.3 is 19.9 Å². The number of ether oxygens (including phenoxy) is 1. The number of carbonyl (C=O) groups excluding carboxylic acids is 1. The maximum absolute atomic E-state index is 14.0. The lowest BCUT2D eigenvalue weighted by Crippen LogP contribution is -2.27. The van der Waals surface area contributed by atoms with Crippen LogP contribution in [0.4, 0.5) is 14.6 Å². The highest BCUT2D eigenvalue weighted by Crippen LogP contribution is 2.35. The van der Waals surface area contributed by atoms with Gasteiger partial charge in [-0.15, -0.1) is 0 Å². The number of hydrogen-bond donors (Lipinski definition) is 2. The van der Waals surface area contributed by atoms with Gasteiger partial charge in [-0.1, -0.05) is 12.0 Å². The lowest BCUT2D eigenvalue weighted by molar-refractivity contribution is -0.124. The van der Waals surface area contributed by atoms with Gasteiger partial charge in [-0.3, -0.25) is 9.59 Å². The van der Waals surface area contributed by atoms with Crippen molar-refractivity contribution in [2.24, 2.45) is 0 Å². The molecule has 10 heteroatoms. The molecule has 3 heterocycles. The van der Waals surface area contributed by atoms with Crippen molar-refractivity contribution in [3.63, 3.8) is 0 Å². The summed E-state index contributed by atoms with van der Waals surface area (Å²) in [6.45, 7) is 2.56. The molecule has 1 aliphatic heterocycles. The highest BCUT2D eigenvalue weighted by Gasteiger charge is 2.30. The van der Waals surface area contributed by atoms with E-state index in [-0.39, 0.29) is 29.0 Å². The molecule has 2 aromatic carbocycles. The molecule has 5 rings (SSSR count). The lowest BCUT2D eigenvalue weighted by Gasteiger charge is -2.12. The molecule has 36 heavy (non-hydrogen) atoms. The maximum atomic E-state index is 14.0. The number of para-hydroxylation sites is 1. The second-order valence-electron chi connectivity index (χ2n) is 8.37. The van der Waals surface area contributed by atoms with E-state index < -0.39 is 17.4 Å². The first-order chi connectivity index (χ1) is 17.4. The number of amides is 1. The summed E-state index contributed by atoms with van der Waals surface area (Å²) in [4.78, 5) is 26.7. The number of nitrogen functional groups attached to an aromatic ring is 1. The molecular weight excluding hydrogens is 468 g/mol. The van der Waals surface area contributed by atoms with Crippen LogP contribution >= 0.6 is 0 Å². The van der Waals surface area contributed by atoms with E-state index in [2.05, 4.69) is 22.0 Å². The number of anilines is 1. The van der Waals surface area contributed by atoms with E-state index in [9.17, 15) is 18.4 Å². The Morgan fingerprint density at radius 3 is 2.61 bits per heavy atom. The Balaban J connectivity index is 1.52. The molecule has 0 radical (unpaired) electrons. The zero-order valence-corrected chi connectivity index (χ0v) is 19.2. The molecule has 1 amide bonds. The van der Waals surface area contributed by atoms with Crippen LogP contribution in [-0.2, 0) is 4.79 Å². The Bertz CT molecular complexity index is 1580. The normalized spacial score (nSPS) is 15.1. The standard InChI is InChI=1S/C26H21F2N5O3/c1-2-4-21(34)32-12-11-15(13-32)18-14-33(23-22(18)26(35)31-30-25(23)29)16-7-9-17(10-8-16)36-24-19(27)5-3-6-20(24)28/h3,5-10,14-15H,11-13H2,1H3,(H2,29,30)(H,31,35)/t15-/m0/s1. The zero-order valence-electron chi connectivity index (χ0n) is 19.2. The number of rotatable bonds is 4. The van der Waals surface area contributed by atoms with Crippen LogP contribution in [0.15, 0.2) is 53.5 Å². The van der Waals surface area contributed by atoms with Crippen LogP contribution in [0.2, 0.25) is 0 Å². The predicted molar refractivity (Wildman–Crippen MR) is 130 cm³/mol. The molecule has 0 saturated carbocycles. The van der Waals surface area contributed by atoms with Crippen molar-refractivity contribution >= 4 is 22.6 Å². The summed E-state index contributed by atoms with van der Waals surface area (Å²) in [5.41, 5.74) is 7.58. The summed E-state index contributed by atoms with van der Waals surface area (Å²) in [6.07, 6.45) is 2.48. The number of H-pyrrole nitrogens is 1. The van der Waals surface area contributed by atoms with Crippen LogP contribution in [0.1, 0.15) is 24.8 Å². The fourth-order valence-electron chi connectivity index (χ4n) is 4.51. The minimum absolute atomic E-state index is 0.0918. The number of fused-ring (bicyclic) bond motifs is 1. The molecule has 0 bridgehead atoms. The fraction of sp³-hybridized carbons (Fsp3) is 0.192. The average Bonchev–Trinajstić information content (AvgIpc) is 3.51. The zero-order chi connectivity index (χ0) is 25.4. The van der Waals surface area contributed by atoms with Gasteiger partial charge in [0.25, 0.3) is 11.5 Å². The average molecular weight is 489 g/mol. The Hall–Kier alpha value is -4.65. The van der Waals surface area contributed by atoms with E-state index >= 15 is 0 Å². The number of carbonyl (C=O) groups is 1. The van der Waals surface area contributed by atoms with Gasteiger partial charge in [0, 0.05) is 30.9 Å². The molecule has 0 unspecified atom stereocenters. The monoisotopic (exact) mass is 489 g/mol. The van der Waals surface area contributed by atoms with Crippen LogP contribution in [0.5, 0.6) is 11.5 Å². The van der Waals surface area contributed by atoms with Gasteiger partial charge in [-0.05, 0) is 61.2 Å². The van der Waals surface area contributed by atoms with Crippen molar-refractivity contribution in [3.05, 3.63) is 76.2 Å². The van der Waals surface area contributed by atoms with Gasteiger partial charge in [0.1, 0.15) is 11.3 Å². The second-order valence-corrected chi connectivity index (χ2v) is 8.37. The third-order valence-corrected chi connectivity index (χ3v) is 6.18. The summed E-state index contributed by atoms with van der Waals surface area (Å²) < 4.78 is 35.1. The van der Waals surface area contributed by atoms with E-state index in [1.807, 2.05) is 6.20 Å². The van der Waals surface area contributed by atoms with Gasteiger partial charge in [0.05, 0.1) is 5.39 Å². The van der Waals surface area contributed by atoms with Crippen LogP contribution in [0.25, 0.3) is 16.6 Å². The number of aromatic nitrogens is 3. The molecule has 8 nitrogen and oxygen atoms in total. The van der Waals surface area contributed by atoms with E-state index in [1.54, 1.807) is 40.7 Å². The van der Waals surface area contributed by atoms with Crippen molar-refractivity contribution in [2.45, 2.75) is 19.3 Å². The maximum Gasteiger partial charge on any atom is 0.298 e. The van der Waals surface area contributed by atoms with E-state index in [4.69, 9.17) is 10.5 Å². The molecule has 3 N–H and O–H groups in total. The van der Waals surface area contributed by atoms with Gasteiger partial charge in [0.15, 0.2) is 23.2 Å². The second kappa shape index (κ2) is 9.19. The third-order valence-electron chi connectivity index (χ3n) is 6.18. The van der Waals surface area contributed by atoms with Crippen molar-refractivity contribution in [1.82, 2.24) is 19.7 Å². The Morgan fingerprint density at radius 2 is 1.92 bits per heavy atom. The molecule has 1 aliphatic rings. The predicted octanol–water partition coefficient (Wildman–Crippen LogP) is 3.71. The van der Waals surface area contributed by atoms with Crippen molar-refractivity contribution in [1.29, 1.82) is 0 Å². The Morgan fingerprint density at radius 1 is 1.19 bits per heavy atom. The topological polar surface area (TPSA) is 106 Å². The van der Waals surface area contributed by atoms with Gasteiger partial charge in [-0.25, -0.2) is 13.9 Å². The number of nitrogens with one attached hydrogen (secondary N) is 1. The Kier molecular flexibility index (Phi) is 5.90. The number of hydrogen-bond acceptors (Lipinski definition) is 5. The lowest BCUT2D eigenvalue weighted by atomic mass is 9.99. The van der Waals surface area contributed by atoms with Crippen molar-refractivity contribution in [2.75, 3.05) is 18.8 Å². The van der Waals surface area contributed by atoms with E-state index in [1.165, 1.54) is 6.07 Å². The van der Waals surface area contributed by atoms with E-state index in [0.717, 1.165) is 17.7 Å². The first-order valence-corrected chi connectivity index (χ1v) is 11.2. The number of halogens is 2. The number of likely N-dealkylation sites (tertiary alicyclic amines) is 1. The highest BCUT2D eigenvalue weighted by atomic mass is 19.1. The molecule has 0 aliphatic carbocycles. The molecular formula is C26H21F2N5O3. The molecule has 4 aromatic rings. The molecule has 1 saturated heterocycles. The first-order valence-electron chi connectivity index (χ1n) is 11.2. The summed E-state index contributed by atoms with van der Waals surface area (Å²) in [5, 5.41) is 6.76.